The molecule has 0 radical (unpaired) electrons. The van der Waals surface area contributed by atoms with Gasteiger partial charge in [0.25, 0.3) is 5.91 Å². The highest BCUT2D eigenvalue weighted by Gasteiger charge is 2.27. The van der Waals surface area contributed by atoms with Crippen molar-refractivity contribution >= 4 is 11.8 Å². The Balaban J connectivity index is 1.46. The summed E-state index contributed by atoms with van der Waals surface area (Å²) in [5, 5.41) is 15.3. The number of nitrogens with one attached hydrogen (secondary N) is 1. The van der Waals surface area contributed by atoms with Gasteiger partial charge in [0.2, 0.25) is 5.91 Å². The molecule has 0 saturated heterocycles. The van der Waals surface area contributed by atoms with Crippen LogP contribution in [0.15, 0.2) is 36.4 Å². The summed E-state index contributed by atoms with van der Waals surface area (Å²) in [5.41, 5.74) is 3.84. The molecule has 144 valence electrons. The number of carbonyl (C=O) groups is 2. The molecule has 9 heteroatoms. The van der Waals surface area contributed by atoms with Crippen molar-refractivity contribution < 1.29 is 9.59 Å². The van der Waals surface area contributed by atoms with Gasteiger partial charge in [-0.3, -0.25) is 14.3 Å². The van der Waals surface area contributed by atoms with Crippen molar-refractivity contribution in [3.63, 3.8) is 0 Å². The molecule has 0 spiro atoms. The lowest BCUT2D eigenvalue weighted by Gasteiger charge is -2.27. The van der Waals surface area contributed by atoms with Gasteiger partial charge in [0.15, 0.2) is 0 Å². The number of carbonyl (C=O) groups excluding carboxylic acids is 2. The Labute approximate surface area is 161 Å². The summed E-state index contributed by atoms with van der Waals surface area (Å²) in [5.74, 6) is -0.222. The number of benzene rings is 1. The van der Waals surface area contributed by atoms with E-state index in [-0.39, 0.29) is 24.9 Å². The second kappa shape index (κ2) is 7.26. The highest BCUT2D eigenvalue weighted by Crippen LogP contribution is 2.18. The molecule has 4 rings (SSSR count). The Morgan fingerprint density at radius 2 is 2.00 bits per heavy atom. The first kappa shape index (κ1) is 17.9. The first-order valence-electron chi connectivity index (χ1n) is 9.03. The zero-order valence-corrected chi connectivity index (χ0v) is 15.8. The van der Waals surface area contributed by atoms with Crippen molar-refractivity contribution in [2.24, 2.45) is 7.05 Å². The largest absolute Gasteiger partial charge is 0.345 e. The van der Waals surface area contributed by atoms with E-state index >= 15 is 0 Å². The highest BCUT2D eigenvalue weighted by molar-refractivity contribution is 5.92. The van der Waals surface area contributed by atoms with E-state index in [0.29, 0.717) is 24.5 Å². The molecule has 2 aromatic heterocycles. The van der Waals surface area contributed by atoms with E-state index in [1.807, 2.05) is 37.3 Å². The van der Waals surface area contributed by atoms with E-state index in [1.165, 1.54) is 0 Å². The van der Waals surface area contributed by atoms with E-state index in [9.17, 15) is 9.59 Å². The summed E-state index contributed by atoms with van der Waals surface area (Å²) in [6.45, 7) is 3.18. The number of rotatable bonds is 5. The van der Waals surface area contributed by atoms with Crippen molar-refractivity contribution in [3.8, 4) is 0 Å². The van der Waals surface area contributed by atoms with Crippen molar-refractivity contribution in [2.45, 2.75) is 33.1 Å². The predicted molar refractivity (Wildman–Crippen MR) is 99.8 cm³/mol. The fraction of sp³-hybridized carbons (Fsp3) is 0.316. The van der Waals surface area contributed by atoms with E-state index in [4.69, 9.17) is 0 Å². The Bertz CT molecular complexity index is 1020. The van der Waals surface area contributed by atoms with Crippen LogP contribution in [0, 0.1) is 6.92 Å². The predicted octanol–water partition coefficient (Wildman–Crippen LogP) is 0.792. The molecule has 1 aliphatic rings. The molecule has 1 N–H and O–H groups in total. The minimum Gasteiger partial charge on any atom is -0.345 e. The van der Waals surface area contributed by atoms with Crippen LogP contribution in [0.5, 0.6) is 0 Å². The molecule has 0 saturated carbocycles. The summed E-state index contributed by atoms with van der Waals surface area (Å²) in [6, 6.07) is 11.6. The van der Waals surface area contributed by atoms with Gasteiger partial charge in [-0.05, 0) is 18.6 Å². The van der Waals surface area contributed by atoms with Gasteiger partial charge in [0, 0.05) is 13.6 Å². The summed E-state index contributed by atoms with van der Waals surface area (Å²) >= 11 is 0. The van der Waals surface area contributed by atoms with E-state index in [0.717, 1.165) is 17.0 Å². The van der Waals surface area contributed by atoms with Crippen LogP contribution in [0.4, 0.5) is 0 Å². The molecule has 0 bridgehead atoms. The summed E-state index contributed by atoms with van der Waals surface area (Å²) in [4.78, 5) is 26.6. The number of fused-ring (bicyclic) bond motifs is 1. The number of nitrogens with zero attached hydrogens (tertiary/aromatic N) is 6. The second-order valence-electron chi connectivity index (χ2n) is 6.85. The maximum atomic E-state index is 12.4. The lowest BCUT2D eigenvalue weighted by molar-refractivity contribution is -0.135. The number of amides is 2. The number of hydrogen-bond donors (Lipinski definition) is 1. The topological polar surface area (TPSA) is 97.9 Å². The molecule has 0 aliphatic carbocycles. The van der Waals surface area contributed by atoms with Crippen molar-refractivity contribution in [3.05, 3.63) is 64.7 Å². The number of aryl methyl sites for hydroxylation is 2. The standard InChI is InChI=1S/C19H21N7O2/c1-13-8-16(24(2)22-13)19(28)20-9-15-17-11-25(10-14-6-4-3-5-7-14)18(27)12-26(17)23-21-15/h3-8H,9-12H2,1-2H3,(H,20,28). The van der Waals surface area contributed by atoms with Crippen molar-refractivity contribution in [1.29, 1.82) is 0 Å². The molecular weight excluding hydrogens is 358 g/mol. The smallest absolute Gasteiger partial charge is 0.269 e. The molecule has 9 nitrogen and oxygen atoms in total. The molecule has 0 unspecified atom stereocenters. The molecule has 0 atom stereocenters. The molecule has 0 fully saturated rings. The maximum Gasteiger partial charge on any atom is 0.269 e. The van der Waals surface area contributed by atoms with Gasteiger partial charge in [-0.15, -0.1) is 5.10 Å². The minimum atomic E-state index is -0.224. The number of hydrogen-bond acceptors (Lipinski definition) is 5. The normalized spacial score (nSPS) is 13.5. The quantitative estimate of drug-likeness (QED) is 0.707. The Morgan fingerprint density at radius 1 is 1.21 bits per heavy atom. The van der Waals surface area contributed by atoms with Gasteiger partial charge in [-0.25, -0.2) is 4.68 Å². The fourth-order valence-electron chi connectivity index (χ4n) is 3.33. The molecule has 3 aromatic rings. The maximum absolute atomic E-state index is 12.4. The van der Waals surface area contributed by atoms with E-state index < -0.39 is 0 Å². The van der Waals surface area contributed by atoms with Crippen LogP contribution in [0.1, 0.15) is 33.1 Å². The lowest BCUT2D eigenvalue weighted by Crippen LogP contribution is -2.39. The Morgan fingerprint density at radius 3 is 2.71 bits per heavy atom. The summed E-state index contributed by atoms with van der Waals surface area (Å²) in [7, 11) is 1.73. The molecule has 1 aromatic carbocycles. The zero-order chi connectivity index (χ0) is 19.7. The van der Waals surface area contributed by atoms with Gasteiger partial charge in [0.1, 0.15) is 17.9 Å². The zero-order valence-electron chi connectivity index (χ0n) is 15.8. The third-order valence-electron chi connectivity index (χ3n) is 4.76. The van der Waals surface area contributed by atoms with Gasteiger partial charge < -0.3 is 10.2 Å². The van der Waals surface area contributed by atoms with Gasteiger partial charge >= 0.3 is 0 Å². The van der Waals surface area contributed by atoms with Crippen LogP contribution in [-0.4, -0.2) is 41.5 Å². The third-order valence-corrected chi connectivity index (χ3v) is 4.76. The average molecular weight is 379 g/mol. The lowest BCUT2D eigenvalue weighted by atomic mass is 10.1. The molecular formula is C19H21N7O2. The molecule has 1 aliphatic heterocycles. The first-order chi connectivity index (χ1) is 13.5. The van der Waals surface area contributed by atoms with Crippen LogP contribution in [0.25, 0.3) is 0 Å². The fourth-order valence-corrected chi connectivity index (χ4v) is 3.33. The molecule has 3 heterocycles. The SMILES string of the molecule is Cc1cc(C(=O)NCc2nnn3c2CN(Cc2ccccc2)C(=O)C3)n(C)n1. The van der Waals surface area contributed by atoms with Gasteiger partial charge in [0.05, 0.1) is 24.5 Å². The second-order valence-corrected chi connectivity index (χ2v) is 6.85. The third kappa shape index (κ3) is 3.51. The highest BCUT2D eigenvalue weighted by atomic mass is 16.2. The van der Waals surface area contributed by atoms with Crippen LogP contribution in [0.3, 0.4) is 0 Å². The van der Waals surface area contributed by atoms with Crippen LogP contribution in [0.2, 0.25) is 0 Å². The minimum absolute atomic E-state index is 0.00204. The first-order valence-corrected chi connectivity index (χ1v) is 9.03. The van der Waals surface area contributed by atoms with Crippen molar-refractivity contribution in [1.82, 2.24) is 35.0 Å². The monoisotopic (exact) mass is 379 g/mol. The Hall–Kier alpha value is -3.49. The van der Waals surface area contributed by atoms with Crippen LogP contribution >= 0.6 is 0 Å². The number of aromatic nitrogens is 5. The van der Waals surface area contributed by atoms with Crippen LogP contribution in [-0.2, 0) is 38.0 Å². The summed E-state index contributed by atoms with van der Waals surface area (Å²) in [6.07, 6.45) is 0. The Kier molecular flexibility index (Phi) is 4.64. The van der Waals surface area contributed by atoms with Gasteiger partial charge in [-0.2, -0.15) is 5.10 Å². The van der Waals surface area contributed by atoms with Crippen LogP contribution < -0.4 is 5.32 Å². The van der Waals surface area contributed by atoms with Crippen molar-refractivity contribution in [2.75, 3.05) is 0 Å². The molecule has 28 heavy (non-hydrogen) atoms. The van der Waals surface area contributed by atoms with Gasteiger partial charge in [-0.1, -0.05) is 35.5 Å². The average Bonchev–Trinajstić information content (AvgIpc) is 3.23. The summed E-state index contributed by atoms with van der Waals surface area (Å²) < 4.78 is 3.16. The molecule has 2 amide bonds. The van der Waals surface area contributed by atoms with E-state index in [1.54, 1.807) is 27.4 Å². The van der Waals surface area contributed by atoms with E-state index in [2.05, 4.69) is 20.7 Å².